The number of furan rings is 1. The summed E-state index contributed by atoms with van der Waals surface area (Å²) in [5.74, 6) is 0. The number of nitrogens with zero attached hydrogens (tertiary/aromatic N) is 1. The Balaban J connectivity index is 1.14. The van der Waals surface area contributed by atoms with Gasteiger partial charge < -0.3 is 9.32 Å². The molecule has 1 aliphatic rings. The van der Waals surface area contributed by atoms with Crippen molar-refractivity contribution in [2.45, 2.75) is 0 Å². The van der Waals surface area contributed by atoms with Crippen molar-refractivity contribution in [3.63, 3.8) is 0 Å². The second kappa shape index (κ2) is 10.1. The molecule has 46 heavy (non-hydrogen) atoms. The summed E-state index contributed by atoms with van der Waals surface area (Å²) >= 11 is 0. The summed E-state index contributed by atoms with van der Waals surface area (Å²) in [5, 5.41) is 23.3. The fraction of sp³-hybridized carbons (Fsp3) is 0. The van der Waals surface area contributed by atoms with Gasteiger partial charge in [0.05, 0.1) is 11.4 Å². The number of anilines is 3. The van der Waals surface area contributed by atoms with Crippen LogP contribution in [-0.2, 0) is 0 Å². The molecular formula is C42H27N3O. The Morgan fingerprint density at radius 2 is 1.13 bits per heavy atom. The third kappa shape index (κ3) is 4.15. The molecule has 0 atom stereocenters. The number of nitrogens with one attached hydrogen (secondary N) is 2. The molecule has 0 amide bonds. The van der Waals surface area contributed by atoms with E-state index in [2.05, 4.69) is 120 Å². The molecule has 0 unspecified atom stereocenters. The van der Waals surface area contributed by atoms with Crippen LogP contribution in [0.1, 0.15) is 11.1 Å². The Labute approximate surface area is 265 Å². The van der Waals surface area contributed by atoms with Gasteiger partial charge in [-0.2, -0.15) is 0 Å². The van der Waals surface area contributed by atoms with Crippen molar-refractivity contribution in [1.29, 1.82) is 10.8 Å². The molecule has 4 heteroatoms. The molecule has 0 bridgehead atoms. The zero-order chi connectivity index (χ0) is 30.8. The zero-order valence-electron chi connectivity index (χ0n) is 24.8. The Hall–Kier alpha value is -6.26. The fourth-order valence-corrected chi connectivity index (χ4v) is 6.75. The smallest absolute Gasteiger partial charge is 0.137 e. The highest BCUT2D eigenvalue weighted by Gasteiger charge is 2.19. The summed E-state index contributed by atoms with van der Waals surface area (Å²) in [6.45, 7) is 0. The van der Waals surface area contributed by atoms with Gasteiger partial charge >= 0.3 is 0 Å². The summed E-state index contributed by atoms with van der Waals surface area (Å²) in [4.78, 5) is 2.28. The highest BCUT2D eigenvalue weighted by molar-refractivity contribution is 6.53. The highest BCUT2D eigenvalue weighted by Crippen LogP contribution is 2.40. The van der Waals surface area contributed by atoms with E-state index in [0.29, 0.717) is 0 Å². The lowest BCUT2D eigenvalue weighted by Crippen LogP contribution is -2.16. The van der Waals surface area contributed by atoms with Crippen molar-refractivity contribution >= 4 is 78.0 Å². The van der Waals surface area contributed by atoms with E-state index in [1.807, 2.05) is 30.3 Å². The van der Waals surface area contributed by atoms with Crippen LogP contribution >= 0.6 is 0 Å². The largest absolute Gasteiger partial charge is 0.456 e. The minimum atomic E-state index is 0.245. The van der Waals surface area contributed by atoms with Gasteiger partial charge in [0.25, 0.3) is 0 Å². The van der Waals surface area contributed by atoms with Crippen molar-refractivity contribution < 1.29 is 4.42 Å². The molecular weight excluding hydrogens is 562 g/mol. The minimum Gasteiger partial charge on any atom is -0.456 e. The van der Waals surface area contributed by atoms with Crippen LogP contribution < -0.4 is 4.90 Å². The van der Waals surface area contributed by atoms with E-state index < -0.39 is 0 Å². The Kier molecular flexibility index (Phi) is 5.77. The van der Waals surface area contributed by atoms with E-state index in [0.717, 1.165) is 72.0 Å². The van der Waals surface area contributed by atoms with Gasteiger partial charge in [-0.1, -0.05) is 91.0 Å². The van der Waals surface area contributed by atoms with Crippen LogP contribution in [0.4, 0.5) is 17.1 Å². The molecule has 0 aliphatic heterocycles. The van der Waals surface area contributed by atoms with Crippen LogP contribution in [0, 0.1) is 10.8 Å². The maximum Gasteiger partial charge on any atom is 0.137 e. The minimum absolute atomic E-state index is 0.245. The van der Waals surface area contributed by atoms with Gasteiger partial charge in [-0.3, -0.25) is 10.8 Å². The number of hydrogen-bond donors (Lipinski definition) is 2. The second-order valence-electron chi connectivity index (χ2n) is 11.8. The SMILES string of the molecule is N=C1C=Cc2ccc3cc(-c4ccc(N(c5ccc6ccccc6c5)c5ccc6c(c5)oc5ccccc56)cc4)ccc3c2C1=N. The van der Waals surface area contributed by atoms with Crippen LogP contribution in [0.25, 0.3) is 60.7 Å². The molecule has 2 N–H and O–H groups in total. The fourth-order valence-electron chi connectivity index (χ4n) is 6.75. The lowest BCUT2D eigenvalue weighted by Gasteiger charge is -2.26. The first kappa shape index (κ1) is 26.2. The Bertz CT molecular complexity index is 2570. The lowest BCUT2D eigenvalue weighted by molar-refractivity contribution is 0.669. The van der Waals surface area contributed by atoms with Gasteiger partial charge in [0.1, 0.15) is 11.2 Å². The van der Waals surface area contributed by atoms with Gasteiger partial charge in [-0.05, 0) is 92.8 Å². The second-order valence-corrected chi connectivity index (χ2v) is 11.8. The summed E-state index contributed by atoms with van der Waals surface area (Å²) < 4.78 is 6.29. The molecule has 0 saturated carbocycles. The number of fused-ring (bicyclic) bond motifs is 7. The molecule has 1 aliphatic carbocycles. The van der Waals surface area contributed by atoms with Crippen molar-refractivity contribution in [2.75, 3.05) is 4.90 Å². The van der Waals surface area contributed by atoms with Gasteiger partial charge in [0.2, 0.25) is 0 Å². The van der Waals surface area contributed by atoms with E-state index in [4.69, 9.17) is 15.2 Å². The third-order valence-corrected chi connectivity index (χ3v) is 9.07. The summed E-state index contributed by atoms with van der Waals surface area (Å²) in [5.41, 5.74) is 9.43. The molecule has 0 radical (unpaired) electrons. The normalized spacial score (nSPS) is 12.8. The predicted molar refractivity (Wildman–Crippen MR) is 192 cm³/mol. The van der Waals surface area contributed by atoms with E-state index in [1.54, 1.807) is 6.08 Å². The van der Waals surface area contributed by atoms with Crippen LogP contribution in [0.3, 0.4) is 0 Å². The van der Waals surface area contributed by atoms with Gasteiger partial charge in [-0.25, -0.2) is 0 Å². The van der Waals surface area contributed by atoms with E-state index in [1.165, 1.54) is 10.8 Å². The van der Waals surface area contributed by atoms with Gasteiger partial charge in [-0.15, -0.1) is 0 Å². The molecule has 9 rings (SSSR count). The molecule has 1 aromatic heterocycles. The van der Waals surface area contributed by atoms with Gasteiger partial charge in [0, 0.05) is 39.5 Å². The first-order valence-electron chi connectivity index (χ1n) is 15.3. The molecule has 0 spiro atoms. The average molecular weight is 590 g/mol. The quantitative estimate of drug-likeness (QED) is 0.214. The molecule has 8 aromatic rings. The molecule has 216 valence electrons. The average Bonchev–Trinajstić information content (AvgIpc) is 3.48. The van der Waals surface area contributed by atoms with Crippen molar-refractivity contribution in [3.8, 4) is 11.1 Å². The number of rotatable bonds is 4. The van der Waals surface area contributed by atoms with Crippen LogP contribution in [0.5, 0.6) is 0 Å². The number of benzene rings is 7. The summed E-state index contributed by atoms with van der Waals surface area (Å²) in [7, 11) is 0. The highest BCUT2D eigenvalue weighted by atomic mass is 16.3. The van der Waals surface area contributed by atoms with Crippen LogP contribution in [-0.4, -0.2) is 11.4 Å². The molecule has 4 nitrogen and oxygen atoms in total. The topological polar surface area (TPSA) is 64.1 Å². The molecule has 0 saturated heterocycles. The maximum atomic E-state index is 8.51. The zero-order valence-corrected chi connectivity index (χ0v) is 24.8. The van der Waals surface area contributed by atoms with Crippen molar-refractivity contribution in [3.05, 3.63) is 157 Å². The standard InChI is InChI=1S/C42H27N3O/c43-38-22-15-28-9-10-31-23-30(14-20-35(31)41(28)42(38)44)27-11-16-32(17-12-27)45(33-18-13-26-5-1-2-6-29(26)24-33)34-19-21-37-36-7-3-4-8-39(36)46-40(37)25-34/h1-25,43-44H. The Morgan fingerprint density at radius 1 is 0.457 bits per heavy atom. The van der Waals surface area contributed by atoms with E-state index >= 15 is 0 Å². The van der Waals surface area contributed by atoms with E-state index in [-0.39, 0.29) is 11.4 Å². The molecule has 7 aromatic carbocycles. The first-order chi connectivity index (χ1) is 22.6. The summed E-state index contributed by atoms with van der Waals surface area (Å²) in [6.07, 6.45) is 3.62. The monoisotopic (exact) mass is 589 g/mol. The third-order valence-electron chi connectivity index (χ3n) is 9.07. The van der Waals surface area contributed by atoms with Crippen molar-refractivity contribution in [2.24, 2.45) is 0 Å². The predicted octanol–water partition coefficient (Wildman–Crippen LogP) is 11.4. The van der Waals surface area contributed by atoms with Crippen LogP contribution in [0.15, 0.2) is 150 Å². The molecule has 1 heterocycles. The first-order valence-corrected chi connectivity index (χ1v) is 15.3. The van der Waals surface area contributed by atoms with E-state index in [9.17, 15) is 0 Å². The number of para-hydroxylation sites is 1. The summed E-state index contributed by atoms with van der Waals surface area (Å²) in [6, 6.07) is 48.9. The number of hydrogen-bond acceptors (Lipinski definition) is 4. The van der Waals surface area contributed by atoms with Gasteiger partial charge in [0.15, 0.2) is 0 Å². The van der Waals surface area contributed by atoms with Crippen LogP contribution in [0.2, 0.25) is 0 Å². The number of allylic oxidation sites excluding steroid dienone is 1. The lowest BCUT2D eigenvalue weighted by atomic mass is 9.88. The maximum absolute atomic E-state index is 8.51. The van der Waals surface area contributed by atoms with Crippen molar-refractivity contribution in [1.82, 2.24) is 0 Å². The Morgan fingerprint density at radius 3 is 2.02 bits per heavy atom. The molecule has 0 fully saturated rings.